The van der Waals surface area contributed by atoms with Crippen molar-refractivity contribution in [1.82, 2.24) is 0 Å². The van der Waals surface area contributed by atoms with Crippen molar-refractivity contribution in [2.75, 3.05) is 5.32 Å². The highest BCUT2D eigenvalue weighted by molar-refractivity contribution is 5.96. The Morgan fingerprint density at radius 1 is 1.25 bits per heavy atom. The zero-order chi connectivity index (χ0) is 11.4. The van der Waals surface area contributed by atoms with E-state index >= 15 is 0 Å². The van der Waals surface area contributed by atoms with E-state index in [-0.39, 0.29) is 0 Å². The third-order valence-corrected chi connectivity index (χ3v) is 2.89. The van der Waals surface area contributed by atoms with Crippen molar-refractivity contribution >= 4 is 11.5 Å². The minimum absolute atomic E-state index is 0.298. The lowest BCUT2D eigenvalue weighted by Gasteiger charge is -2.12. The molecule has 1 aromatic carbocycles. The number of carbonyl (C=O) groups excluding carboxylic acids is 1. The van der Waals surface area contributed by atoms with Crippen molar-refractivity contribution < 1.29 is 4.79 Å². The molecule has 2 rings (SSSR count). The number of Topliss-reactive ketones (excluding diaryl/α,β-unsaturated/α-hetero) is 1. The average Bonchev–Trinajstić information content (AvgIpc) is 2.28. The normalized spacial score (nSPS) is 18.8. The first kappa shape index (κ1) is 10.9. The summed E-state index contributed by atoms with van der Waals surface area (Å²) in [5.41, 5.74) is 3.21. The van der Waals surface area contributed by atoms with E-state index in [9.17, 15) is 4.79 Å². The second-order valence-electron chi connectivity index (χ2n) is 4.31. The van der Waals surface area contributed by atoms with Crippen molar-refractivity contribution in [3.63, 3.8) is 0 Å². The molecule has 16 heavy (non-hydrogen) atoms. The largest absolute Gasteiger partial charge is 0.361 e. The molecular weight excluding hydrogens is 198 g/mol. The topological polar surface area (TPSA) is 29.1 Å². The van der Waals surface area contributed by atoms with Crippen LogP contribution in [0, 0.1) is 6.92 Å². The van der Waals surface area contributed by atoms with Crippen LogP contribution in [0.1, 0.15) is 31.2 Å². The molecule has 1 fully saturated rings. The molecule has 1 aromatic rings. The molecule has 0 aliphatic heterocycles. The Balaban J connectivity index is 2.05. The molecule has 0 spiro atoms. The summed E-state index contributed by atoms with van der Waals surface area (Å²) in [6.07, 6.45) is 5.67. The van der Waals surface area contributed by atoms with E-state index in [0.717, 1.165) is 30.5 Å². The maximum atomic E-state index is 11.6. The Hall–Kier alpha value is -1.57. The van der Waals surface area contributed by atoms with Crippen LogP contribution in [0.25, 0.3) is 0 Å². The molecule has 0 saturated heterocycles. The molecule has 2 nitrogen and oxygen atoms in total. The molecule has 84 valence electrons. The molecule has 0 bridgehead atoms. The van der Waals surface area contributed by atoms with Gasteiger partial charge < -0.3 is 5.32 Å². The van der Waals surface area contributed by atoms with Gasteiger partial charge in [0.05, 0.1) is 0 Å². The van der Waals surface area contributed by atoms with Crippen LogP contribution in [0.2, 0.25) is 0 Å². The van der Waals surface area contributed by atoms with Gasteiger partial charge >= 0.3 is 0 Å². The highest BCUT2D eigenvalue weighted by Gasteiger charge is 2.14. The van der Waals surface area contributed by atoms with Gasteiger partial charge in [0.2, 0.25) is 0 Å². The van der Waals surface area contributed by atoms with Gasteiger partial charge in [0.15, 0.2) is 5.78 Å². The van der Waals surface area contributed by atoms with Gasteiger partial charge in [0, 0.05) is 23.9 Å². The Labute approximate surface area is 96.4 Å². The van der Waals surface area contributed by atoms with Crippen LogP contribution in [-0.4, -0.2) is 5.78 Å². The van der Waals surface area contributed by atoms with Crippen molar-refractivity contribution in [2.45, 2.75) is 32.6 Å². The number of hydrogen-bond donors (Lipinski definition) is 1. The molecule has 0 aromatic heterocycles. The van der Waals surface area contributed by atoms with Crippen LogP contribution >= 0.6 is 0 Å². The predicted molar refractivity (Wildman–Crippen MR) is 66.4 cm³/mol. The molecule has 0 heterocycles. The number of nitrogens with one attached hydrogen (secondary N) is 1. The fraction of sp³-hybridized carbons (Fsp3) is 0.357. The third-order valence-electron chi connectivity index (χ3n) is 2.89. The van der Waals surface area contributed by atoms with Gasteiger partial charge in [-0.2, -0.15) is 0 Å². The Morgan fingerprint density at radius 3 is 2.81 bits per heavy atom. The molecule has 1 N–H and O–H groups in total. The molecule has 0 amide bonds. The fourth-order valence-electron chi connectivity index (χ4n) is 1.96. The van der Waals surface area contributed by atoms with Crippen molar-refractivity contribution in [1.29, 1.82) is 0 Å². The quantitative estimate of drug-likeness (QED) is 0.766. The van der Waals surface area contributed by atoms with Gasteiger partial charge in [-0.1, -0.05) is 12.1 Å². The van der Waals surface area contributed by atoms with E-state index in [1.54, 1.807) is 0 Å². The number of anilines is 1. The van der Waals surface area contributed by atoms with E-state index in [1.807, 2.05) is 18.3 Å². The number of hydrogen-bond acceptors (Lipinski definition) is 2. The van der Waals surface area contributed by atoms with Crippen LogP contribution in [-0.2, 0) is 4.79 Å². The fourth-order valence-corrected chi connectivity index (χ4v) is 1.96. The van der Waals surface area contributed by atoms with Crippen molar-refractivity contribution in [2.24, 2.45) is 0 Å². The van der Waals surface area contributed by atoms with Crippen LogP contribution in [0.5, 0.6) is 0 Å². The van der Waals surface area contributed by atoms with Crippen LogP contribution in [0.3, 0.4) is 0 Å². The Morgan fingerprint density at radius 2 is 2.06 bits per heavy atom. The van der Waals surface area contributed by atoms with E-state index < -0.39 is 0 Å². The lowest BCUT2D eigenvalue weighted by Crippen LogP contribution is -2.09. The molecule has 1 aliphatic rings. The zero-order valence-electron chi connectivity index (χ0n) is 9.62. The molecular formula is C14H17NO. The van der Waals surface area contributed by atoms with Crippen molar-refractivity contribution in [3.05, 3.63) is 41.6 Å². The molecule has 1 aliphatic carbocycles. The average molecular weight is 215 g/mol. The van der Waals surface area contributed by atoms with E-state index in [2.05, 4.69) is 24.4 Å². The molecule has 1 saturated carbocycles. The lowest BCUT2D eigenvalue weighted by atomic mass is 9.94. The number of ketones is 1. The highest BCUT2D eigenvalue weighted by atomic mass is 16.1. The summed E-state index contributed by atoms with van der Waals surface area (Å²) < 4.78 is 0. The molecule has 0 unspecified atom stereocenters. The number of aryl methyl sites for hydroxylation is 1. The monoisotopic (exact) mass is 215 g/mol. The van der Waals surface area contributed by atoms with Crippen LogP contribution in [0.15, 0.2) is 36.0 Å². The summed E-state index contributed by atoms with van der Waals surface area (Å²) in [5, 5.41) is 3.20. The van der Waals surface area contributed by atoms with E-state index in [4.69, 9.17) is 0 Å². The minimum Gasteiger partial charge on any atom is -0.361 e. The first-order chi connectivity index (χ1) is 7.75. The SMILES string of the molecule is Cc1cccc(N/C=C2/CCCCC2=O)c1. The van der Waals surface area contributed by atoms with Gasteiger partial charge in [-0.15, -0.1) is 0 Å². The van der Waals surface area contributed by atoms with Gasteiger partial charge in [-0.25, -0.2) is 0 Å². The first-order valence-electron chi connectivity index (χ1n) is 5.81. The smallest absolute Gasteiger partial charge is 0.160 e. The predicted octanol–water partition coefficient (Wildman–Crippen LogP) is 3.43. The molecule has 2 heteroatoms. The summed E-state index contributed by atoms with van der Waals surface area (Å²) in [5.74, 6) is 0.298. The van der Waals surface area contributed by atoms with Crippen LogP contribution < -0.4 is 5.32 Å². The van der Waals surface area contributed by atoms with Crippen LogP contribution in [0.4, 0.5) is 5.69 Å². The lowest BCUT2D eigenvalue weighted by molar-refractivity contribution is -0.116. The first-order valence-corrected chi connectivity index (χ1v) is 5.81. The Bertz CT molecular complexity index is 420. The van der Waals surface area contributed by atoms with Gasteiger partial charge in [-0.05, 0) is 43.9 Å². The van der Waals surface area contributed by atoms with Gasteiger partial charge in [0.25, 0.3) is 0 Å². The number of carbonyl (C=O) groups is 1. The van der Waals surface area contributed by atoms with E-state index in [1.165, 1.54) is 5.56 Å². The summed E-state index contributed by atoms with van der Waals surface area (Å²) >= 11 is 0. The summed E-state index contributed by atoms with van der Waals surface area (Å²) in [7, 11) is 0. The van der Waals surface area contributed by atoms with Crippen molar-refractivity contribution in [3.8, 4) is 0 Å². The maximum Gasteiger partial charge on any atom is 0.160 e. The zero-order valence-corrected chi connectivity index (χ0v) is 9.62. The Kier molecular flexibility index (Phi) is 3.40. The number of allylic oxidation sites excluding steroid dienone is 1. The second-order valence-corrected chi connectivity index (χ2v) is 4.31. The highest BCUT2D eigenvalue weighted by Crippen LogP contribution is 2.20. The standard InChI is InChI=1S/C14H17NO/c1-11-5-4-7-13(9-11)15-10-12-6-2-3-8-14(12)16/h4-5,7,9-10,15H,2-3,6,8H2,1H3/b12-10-. The second kappa shape index (κ2) is 4.97. The minimum atomic E-state index is 0.298. The van der Waals surface area contributed by atoms with Gasteiger partial charge in [-0.3, -0.25) is 4.79 Å². The summed E-state index contributed by atoms with van der Waals surface area (Å²) in [6.45, 7) is 2.06. The van der Waals surface area contributed by atoms with Gasteiger partial charge in [0.1, 0.15) is 0 Å². The van der Waals surface area contributed by atoms with E-state index in [0.29, 0.717) is 12.2 Å². The molecule has 0 radical (unpaired) electrons. The molecule has 0 atom stereocenters. The number of rotatable bonds is 2. The maximum absolute atomic E-state index is 11.6. The summed E-state index contributed by atoms with van der Waals surface area (Å²) in [6, 6.07) is 8.16. The number of benzene rings is 1. The summed E-state index contributed by atoms with van der Waals surface area (Å²) in [4.78, 5) is 11.6. The third kappa shape index (κ3) is 2.72.